The average Bonchev–Trinajstić information content (AvgIpc) is 2.20. The van der Waals surface area contributed by atoms with Crippen molar-refractivity contribution in [3.8, 4) is 0 Å². The number of hydrogen-bond donors (Lipinski definition) is 1. The van der Waals surface area contributed by atoms with Crippen molar-refractivity contribution >= 4 is 16.1 Å². The third-order valence-electron chi connectivity index (χ3n) is 4.10. The molecular formula is C11H18F3N3O3S. The molecule has 0 aromatic carbocycles. The van der Waals surface area contributed by atoms with Gasteiger partial charge in [0.1, 0.15) is 0 Å². The molecule has 2 aliphatic rings. The van der Waals surface area contributed by atoms with E-state index >= 15 is 0 Å². The minimum Gasteiger partial charge on any atom is -0.334 e. The monoisotopic (exact) mass is 329 g/mol. The normalized spacial score (nSPS) is 22.3. The molecule has 0 unspecified atom stereocenters. The Bertz CT molecular complexity index is 521. The molecule has 1 heterocycles. The van der Waals surface area contributed by atoms with Gasteiger partial charge in [-0.3, -0.25) is 4.79 Å². The lowest BCUT2D eigenvalue weighted by atomic mass is 9.60. The molecule has 2 fully saturated rings. The van der Waals surface area contributed by atoms with Crippen LogP contribution in [0.1, 0.15) is 26.2 Å². The first kappa shape index (κ1) is 16.5. The first-order chi connectivity index (χ1) is 9.48. The molecule has 0 bridgehead atoms. The summed E-state index contributed by atoms with van der Waals surface area (Å²) in [6.45, 7) is 2.18. The average molecular weight is 329 g/mol. The highest BCUT2D eigenvalue weighted by atomic mass is 32.2. The van der Waals surface area contributed by atoms with E-state index < -0.39 is 22.3 Å². The van der Waals surface area contributed by atoms with Crippen molar-refractivity contribution in [2.75, 3.05) is 19.6 Å². The summed E-state index contributed by atoms with van der Waals surface area (Å²) in [5.74, 6) is -1.83. The molecule has 1 aliphatic heterocycles. The van der Waals surface area contributed by atoms with Crippen LogP contribution in [-0.2, 0) is 15.0 Å². The second-order valence-electron chi connectivity index (χ2n) is 5.88. The Morgan fingerprint density at radius 2 is 1.90 bits per heavy atom. The van der Waals surface area contributed by atoms with Crippen LogP contribution in [0.25, 0.3) is 0 Å². The van der Waals surface area contributed by atoms with Gasteiger partial charge in [-0.2, -0.15) is 25.9 Å². The summed E-state index contributed by atoms with van der Waals surface area (Å²) in [6.07, 6.45) is -3.34. The molecule has 1 spiro atoms. The molecule has 1 saturated heterocycles. The highest BCUT2D eigenvalue weighted by Gasteiger charge is 2.59. The number of hydrogen-bond acceptors (Lipinski definition) is 3. The molecule has 2 N–H and O–H groups in total. The van der Waals surface area contributed by atoms with Crippen LogP contribution in [0.5, 0.6) is 0 Å². The number of amides is 1. The number of nitrogens with two attached hydrogens (primary N) is 1. The van der Waals surface area contributed by atoms with E-state index in [2.05, 4.69) is 0 Å². The molecule has 1 aliphatic carbocycles. The molecule has 21 heavy (non-hydrogen) atoms. The molecular weight excluding hydrogens is 311 g/mol. The van der Waals surface area contributed by atoms with E-state index in [0.717, 1.165) is 4.90 Å². The lowest BCUT2D eigenvalue weighted by Gasteiger charge is -2.60. The van der Waals surface area contributed by atoms with Crippen molar-refractivity contribution in [1.29, 1.82) is 0 Å². The van der Waals surface area contributed by atoms with E-state index in [1.54, 1.807) is 0 Å². The summed E-state index contributed by atoms with van der Waals surface area (Å²) in [5, 5.41) is 5.14. The number of carbonyl (C=O) groups is 1. The predicted octanol–water partition coefficient (Wildman–Crippen LogP) is 0.455. The Morgan fingerprint density at radius 1 is 1.38 bits per heavy atom. The van der Waals surface area contributed by atoms with Crippen LogP contribution in [0.2, 0.25) is 0 Å². The zero-order valence-electron chi connectivity index (χ0n) is 11.6. The van der Waals surface area contributed by atoms with Crippen molar-refractivity contribution in [2.24, 2.45) is 10.6 Å². The van der Waals surface area contributed by atoms with Gasteiger partial charge >= 0.3 is 12.1 Å². The van der Waals surface area contributed by atoms with Gasteiger partial charge in [-0.15, -0.1) is 0 Å². The standard InChI is InChI=1S/C11H18F3N3O3S/c1-2-3-17(21(15,19)20)8-4-10(5-8)6-16(7-10)9(18)11(12,13)14/h8H,2-7H2,1H3,(H2,15,19,20). The second-order valence-corrected chi connectivity index (χ2v) is 7.38. The van der Waals surface area contributed by atoms with Gasteiger partial charge in [-0.05, 0) is 19.3 Å². The van der Waals surface area contributed by atoms with E-state index in [0.29, 0.717) is 25.8 Å². The molecule has 1 amide bonds. The molecule has 0 radical (unpaired) electrons. The number of rotatable bonds is 4. The first-order valence-electron chi connectivity index (χ1n) is 6.64. The topological polar surface area (TPSA) is 83.7 Å². The molecule has 0 atom stereocenters. The fourth-order valence-electron chi connectivity index (χ4n) is 3.23. The Kier molecular flexibility index (Phi) is 4.00. The smallest absolute Gasteiger partial charge is 0.334 e. The van der Waals surface area contributed by atoms with Gasteiger partial charge < -0.3 is 4.90 Å². The first-order valence-corrected chi connectivity index (χ1v) is 8.14. The van der Waals surface area contributed by atoms with Crippen LogP contribution in [0.4, 0.5) is 13.2 Å². The Balaban J connectivity index is 1.89. The lowest BCUT2D eigenvalue weighted by Crippen LogP contribution is -2.69. The van der Waals surface area contributed by atoms with E-state index in [4.69, 9.17) is 5.14 Å². The van der Waals surface area contributed by atoms with Gasteiger partial charge in [0.25, 0.3) is 10.2 Å². The minimum absolute atomic E-state index is 0.0342. The van der Waals surface area contributed by atoms with E-state index in [1.165, 1.54) is 4.31 Å². The Hall–Kier alpha value is -0.870. The number of halogens is 3. The summed E-state index contributed by atoms with van der Waals surface area (Å²) in [6, 6.07) is -0.275. The molecule has 6 nitrogen and oxygen atoms in total. The van der Waals surface area contributed by atoms with Crippen LogP contribution in [0.3, 0.4) is 0 Å². The molecule has 10 heteroatoms. The summed E-state index contributed by atoms with van der Waals surface area (Å²) in [7, 11) is -3.80. The van der Waals surface area contributed by atoms with Crippen molar-refractivity contribution in [1.82, 2.24) is 9.21 Å². The Labute approximate surface area is 121 Å². The van der Waals surface area contributed by atoms with Gasteiger partial charge in [-0.25, -0.2) is 5.14 Å². The number of carbonyl (C=O) groups excluding carboxylic acids is 1. The van der Waals surface area contributed by atoms with Crippen LogP contribution >= 0.6 is 0 Å². The lowest BCUT2D eigenvalue weighted by molar-refractivity contribution is -0.203. The summed E-state index contributed by atoms with van der Waals surface area (Å²) >= 11 is 0. The van der Waals surface area contributed by atoms with Crippen LogP contribution in [0.15, 0.2) is 0 Å². The SMILES string of the molecule is CCCN(C1CC2(C1)CN(C(=O)C(F)(F)F)C2)S(N)(=O)=O. The van der Waals surface area contributed by atoms with Crippen molar-refractivity contribution < 1.29 is 26.4 Å². The van der Waals surface area contributed by atoms with Gasteiger partial charge in [0, 0.05) is 31.1 Å². The molecule has 122 valence electrons. The van der Waals surface area contributed by atoms with Crippen molar-refractivity contribution in [3.05, 3.63) is 0 Å². The van der Waals surface area contributed by atoms with Gasteiger partial charge in [0.15, 0.2) is 0 Å². The van der Waals surface area contributed by atoms with Gasteiger partial charge in [0.2, 0.25) is 0 Å². The van der Waals surface area contributed by atoms with Crippen molar-refractivity contribution in [3.63, 3.8) is 0 Å². The van der Waals surface area contributed by atoms with Crippen LogP contribution in [0, 0.1) is 5.41 Å². The molecule has 2 rings (SSSR count). The van der Waals surface area contributed by atoms with Crippen LogP contribution < -0.4 is 5.14 Å². The predicted molar refractivity (Wildman–Crippen MR) is 68.2 cm³/mol. The molecule has 1 saturated carbocycles. The largest absolute Gasteiger partial charge is 0.471 e. The molecule has 0 aromatic heterocycles. The third kappa shape index (κ3) is 3.16. The summed E-state index contributed by atoms with van der Waals surface area (Å²) in [5.41, 5.74) is -0.373. The molecule has 0 aromatic rings. The number of nitrogens with zero attached hydrogens (tertiary/aromatic N) is 2. The fraction of sp³-hybridized carbons (Fsp3) is 0.909. The van der Waals surface area contributed by atoms with Crippen molar-refractivity contribution in [2.45, 2.75) is 38.4 Å². The summed E-state index contributed by atoms with van der Waals surface area (Å²) < 4.78 is 60.9. The highest BCUT2D eigenvalue weighted by molar-refractivity contribution is 7.86. The maximum Gasteiger partial charge on any atom is 0.471 e. The van der Waals surface area contributed by atoms with Crippen LogP contribution in [-0.4, -0.2) is 55.4 Å². The number of alkyl halides is 3. The maximum absolute atomic E-state index is 12.3. The van der Waals surface area contributed by atoms with Gasteiger partial charge in [-0.1, -0.05) is 6.92 Å². The Morgan fingerprint density at radius 3 is 2.29 bits per heavy atom. The minimum atomic E-state index is -4.85. The van der Waals surface area contributed by atoms with E-state index in [9.17, 15) is 26.4 Å². The third-order valence-corrected chi connectivity index (χ3v) is 5.23. The summed E-state index contributed by atoms with van der Waals surface area (Å²) in [4.78, 5) is 11.8. The number of likely N-dealkylation sites (tertiary alicyclic amines) is 1. The van der Waals surface area contributed by atoms with E-state index in [1.807, 2.05) is 6.92 Å². The van der Waals surface area contributed by atoms with Gasteiger partial charge in [0.05, 0.1) is 0 Å². The zero-order valence-corrected chi connectivity index (χ0v) is 12.4. The quantitative estimate of drug-likeness (QED) is 0.813. The second kappa shape index (κ2) is 5.10. The van der Waals surface area contributed by atoms with E-state index in [-0.39, 0.29) is 24.5 Å². The maximum atomic E-state index is 12.3. The highest BCUT2D eigenvalue weighted by Crippen LogP contribution is 2.51. The zero-order chi connectivity index (χ0) is 16.1. The fourth-order valence-corrected chi connectivity index (χ4v) is 4.23.